The molecule has 0 saturated heterocycles. The Balaban J connectivity index is 2.23. The number of benzene rings is 1. The molecule has 1 aromatic rings. The number of allylic oxidation sites excluding steroid dienone is 1. The topological polar surface area (TPSA) is 46.2 Å². The van der Waals surface area contributed by atoms with E-state index in [2.05, 4.69) is 25.2 Å². The van der Waals surface area contributed by atoms with Crippen molar-refractivity contribution in [3.05, 3.63) is 41.5 Å². The molecule has 0 saturated carbocycles. The molecule has 1 atom stereocenters. The number of sulfone groups is 1. The lowest BCUT2D eigenvalue weighted by molar-refractivity contribution is 0.513. The Morgan fingerprint density at radius 2 is 2.11 bits per heavy atom. The summed E-state index contributed by atoms with van der Waals surface area (Å²) in [4.78, 5) is 0.492. The van der Waals surface area contributed by atoms with Crippen molar-refractivity contribution in [2.24, 2.45) is 0 Å². The van der Waals surface area contributed by atoms with Gasteiger partial charge in [0.05, 0.1) is 10.6 Å². The molecule has 1 heterocycles. The van der Waals surface area contributed by atoms with E-state index < -0.39 is 9.84 Å². The Kier molecular flexibility index (Phi) is 3.88. The van der Waals surface area contributed by atoms with E-state index in [1.54, 1.807) is 12.1 Å². The fourth-order valence-electron chi connectivity index (χ4n) is 2.21. The second-order valence-corrected chi connectivity index (χ2v) is 6.97. The smallest absolute Gasteiger partial charge is 0.178 e. The molecule has 18 heavy (non-hydrogen) atoms. The summed E-state index contributed by atoms with van der Waals surface area (Å²) >= 11 is 0. The number of nitrogens with one attached hydrogen (secondary N) is 1. The Morgan fingerprint density at radius 3 is 2.83 bits per heavy atom. The largest absolute Gasteiger partial charge is 0.306 e. The Bertz CT molecular complexity index is 557. The van der Waals surface area contributed by atoms with Crippen molar-refractivity contribution in [2.45, 2.75) is 31.2 Å². The molecule has 1 aliphatic heterocycles. The number of rotatable bonds is 3. The molecule has 0 aliphatic carbocycles. The normalized spacial score (nSPS) is 21.1. The minimum Gasteiger partial charge on any atom is -0.306 e. The molecule has 1 N–H and O–H groups in total. The molecule has 1 unspecified atom stereocenters. The van der Waals surface area contributed by atoms with E-state index in [9.17, 15) is 8.42 Å². The predicted molar refractivity (Wildman–Crippen MR) is 73.3 cm³/mol. The molecule has 0 fully saturated rings. The van der Waals surface area contributed by atoms with Crippen LogP contribution in [0.5, 0.6) is 0 Å². The standard InChI is InChI=1S/C14H19NO2S/c1-11(2)7-9-15-13-8-10-18(16,17)14-6-4-3-5-12(13)14/h3-7,13,15H,8-10H2,1-2H3. The van der Waals surface area contributed by atoms with Crippen LogP contribution in [0.2, 0.25) is 0 Å². The van der Waals surface area contributed by atoms with Gasteiger partial charge in [-0.05, 0) is 31.9 Å². The molecular weight excluding hydrogens is 246 g/mol. The summed E-state index contributed by atoms with van der Waals surface area (Å²) in [6, 6.07) is 7.44. The summed E-state index contributed by atoms with van der Waals surface area (Å²) in [7, 11) is -3.07. The van der Waals surface area contributed by atoms with E-state index in [-0.39, 0.29) is 11.8 Å². The first-order valence-electron chi connectivity index (χ1n) is 6.19. The van der Waals surface area contributed by atoms with Crippen molar-refractivity contribution >= 4 is 9.84 Å². The quantitative estimate of drug-likeness (QED) is 0.854. The fraction of sp³-hybridized carbons (Fsp3) is 0.429. The highest BCUT2D eigenvalue weighted by Gasteiger charge is 2.29. The molecule has 0 spiro atoms. The van der Waals surface area contributed by atoms with E-state index >= 15 is 0 Å². The first-order valence-corrected chi connectivity index (χ1v) is 7.84. The third kappa shape index (κ3) is 2.82. The van der Waals surface area contributed by atoms with Crippen LogP contribution < -0.4 is 5.32 Å². The monoisotopic (exact) mass is 265 g/mol. The fourth-order valence-corrected chi connectivity index (χ4v) is 3.83. The second-order valence-electron chi connectivity index (χ2n) is 4.89. The SMILES string of the molecule is CC(C)=CCNC1CCS(=O)(=O)c2ccccc21. The Labute approximate surface area is 109 Å². The second kappa shape index (κ2) is 5.24. The van der Waals surface area contributed by atoms with Crippen LogP contribution in [-0.2, 0) is 9.84 Å². The lowest BCUT2D eigenvalue weighted by atomic mass is 10.0. The van der Waals surface area contributed by atoms with Gasteiger partial charge in [0.2, 0.25) is 0 Å². The molecule has 3 nitrogen and oxygen atoms in total. The average Bonchev–Trinajstić information content (AvgIpc) is 2.32. The van der Waals surface area contributed by atoms with E-state index in [0.29, 0.717) is 11.3 Å². The van der Waals surface area contributed by atoms with Gasteiger partial charge in [-0.3, -0.25) is 0 Å². The lowest BCUT2D eigenvalue weighted by Gasteiger charge is -2.26. The minimum atomic E-state index is -3.07. The molecule has 2 rings (SSSR count). The van der Waals surface area contributed by atoms with E-state index in [1.807, 2.05) is 12.1 Å². The summed E-state index contributed by atoms with van der Waals surface area (Å²) in [5.41, 5.74) is 2.17. The van der Waals surface area contributed by atoms with Crippen LogP contribution in [0.4, 0.5) is 0 Å². The molecule has 98 valence electrons. The first kappa shape index (κ1) is 13.3. The van der Waals surface area contributed by atoms with Crippen LogP contribution in [0.25, 0.3) is 0 Å². The van der Waals surface area contributed by atoms with Gasteiger partial charge in [-0.15, -0.1) is 0 Å². The Morgan fingerprint density at radius 1 is 1.39 bits per heavy atom. The van der Waals surface area contributed by atoms with Crippen LogP contribution in [0.3, 0.4) is 0 Å². The lowest BCUT2D eigenvalue weighted by Crippen LogP contribution is -2.29. The molecule has 0 bridgehead atoms. The summed E-state index contributed by atoms with van der Waals surface area (Å²) < 4.78 is 23.9. The molecular formula is C14H19NO2S. The van der Waals surface area contributed by atoms with Crippen molar-refractivity contribution in [3.63, 3.8) is 0 Å². The third-order valence-corrected chi connectivity index (χ3v) is 4.99. The van der Waals surface area contributed by atoms with Crippen molar-refractivity contribution < 1.29 is 8.42 Å². The van der Waals surface area contributed by atoms with Crippen LogP contribution in [-0.4, -0.2) is 20.7 Å². The summed E-state index contributed by atoms with van der Waals surface area (Å²) in [5.74, 6) is 0.233. The maximum atomic E-state index is 12.0. The van der Waals surface area contributed by atoms with Crippen molar-refractivity contribution in [1.29, 1.82) is 0 Å². The highest BCUT2D eigenvalue weighted by molar-refractivity contribution is 7.91. The summed E-state index contributed by atoms with van der Waals surface area (Å²) in [6.07, 6.45) is 2.77. The third-order valence-electron chi connectivity index (χ3n) is 3.18. The maximum absolute atomic E-state index is 12.0. The van der Waals surface area contributed by atoms with Gasteiger partial charge < -0.3 is 5.32 Å². The van der Waals surface area contributed by atoms with Crippen molar-refractivity contribution in [3.8, 4) is 0 Å². The highest BCUT2D eigenvalue weighted by Crippen LogP contribution is 2.31. The van der Waals surface area contributed by atoms with Crippen LogP contribution in [0.15, 0.2) is 40.8 Å². The predicted octanol–water partition coefficient (Wildman–Crippen LogP) is 2.46. The number of fused-ring (bicyclic) bond motifs is 1. The molecule has 0 amide bonds. The highest BCUT2D eigenvalue weighted by atomic mass is 32.2. The Hall–Kier alpha value is -1.13. The van der Waals surface area contributed by atoms with Gasteiger partial charge in [0.15, 0.2) is 9.84 Å². The van der Waals surface area contributed by atoms with Crippen molar-refractivity contribution in [1.82, 2.24) is 5.32 Å². The zero-order valence-electron chi connectivity index (χ0n) is 10.8. The van der Waals surface area contributed by atoms with E-state index in [0.717, 1.165) is 12.1 Å². The van der Waals surface area contributed by atoms with Gasteiger partial charge in [-0.1, -0.05) is 29.8 Å². The van der Waals surface area contributed by atoms with Gasteiger partial charge >= 0.3 is 0 Å². The zero-order valence-corrected chi connectivity index (χ0v) is 11.6. The van der Waals surface area contributed by atoms with E-state index in [4.69, 9.17) is 0 Å². The molecule has 1 aliphatic rings. The number of hydrogen-bond acceptors (Lipinski definition) is 3. The van der Waals surface area contributed by atoms with Gasteiger partial charge in [-0.25, -0.2) is 8.42 Å². The zero-order chi connectivity index (χ0) is 13.2. The maximum Gasteiger partial charge on any atom is 0.178 e. The molecule has 0 radical (unpaired) electrons. The summed E-state index contributed by atoms with van der Waals surface area (Å²) in [5, 5.41) is 3.41. The van der Waals surface area contributed by atoms with Crippen LogP contribution in [0, 0.1) is 0 Å². The van der Waals surface area contributed by atoms with Gasteiger partial charge in [-0.2, -0.15) is 0 Å². The average molecular weight is 265 g/mol. The molecule has 0 aromatic heterocycles. The minimum absolute atomic E-state index is 0.139. The van der Waals surface area contributed by atoms with Gasteiger partial charge in [0.25, 0.3) is 0 Å². The summed E-state index contributed by atoms with van der Waals surface area (Å²) in [6.45, 7) is 4.89. The van der Waals surface area contributed by atoms with Crippen LogP contribution >= 0.6 is 0 Å². The van der Waals surface area contributed by atoms with Crippen LogP contribution in [0.1, 0.15) is 31.9 Å². The molecule has 1 aromatic carbocycles. The van der Waals surface area contributed by atoms with Gasteiger partial charge in [0, 0.05) is 12.6 Å². The van der Waals surface area contributed by atoms with E-state index in [1.165, 1.54) is 5.57 Å². The van der Waals surface area contributed by atoms with Gasteiger partial charge in [0.1, 0.15) is 0 Å². The molecule has 4 heteroatoms. The first-order chi connectivity index (χ1) is 8.50. The van der Waals surface area contributed by atoms with Crippen molar-refractivity contribution in [2.75, 3.05) is 12.3 Å². The number of hydrogen-bond donors (Lipinski definition) is 1.